The first-order chi connectivity index (χ1) is 18.4. The molecule has 0 bridgehead atoms. The summed E-state index contributed by atoms with van der Waals surface area (Å²) in [5.41, 5.74) is 1.51. The lowest BCUT2D eigenvalue weighted by molar-refractivity contribution is -0.139. The van der Waals surface area contributed by atoms with E-state index in [1.807, 2.05) is 6.07 Å². The van der Waals surface area contributed by atoms with Gasteiger partial charge in [-0.15, -0.1) is 0 Å². The molecule has 1 saturated heterocycles. The molecule has 0 amide bonds. The molecule has 6 nitrogen and oxygen atoms in total. The lowest BCUT2D eigenvalue weighted by Gasteiger charge is -2.37. The van der Waals surface area contributed by atoms with Gasteiger partial charge in [0.25, 0.3) is 0 Å². The normalized spacial score (nSPS) is 18.3. The summed E-state index contributed by atoms with van der Waals surface area (Å²) in [5, 5.41) is 19.4. The summed E-state index contributed by atoms with van der Waals surface area (Å²) in [7, 11) is 1.57. The number of aromatic nitrogens is 1. The van der Waals surface area contributed by atoms with E-state index in [9.17, 15) is 19.6 Å². The second-order valence-corrected chi connectivity index (χ2v) is 9.55. The minimum atomic E-state index is -1.21. The van der Waals surface area contributed by atoms with Crippen molar-refractivity contribution in [3.8, 4) is 23.7 Å². The zero-order valence-electron chi connectivity index (χ0n) is 21.2. The van der Waals surface area contributed by atoms with Crippen LogP contribution in [0.5, 0.6) is 5.75 Å². The Morgan fingerprint density at radius 2 is 2.13 bits per heavy atom. The number of nitriles is 1. The molecule has 1 aliphatic rings. The predicted octanol–water partition coefficient (Wildman–Crippen LogP) is 5.51. The van der Waals surface area contributed by atoms with Crippen molar-refractivity contribution in [2.24, 2.45) is 11.8 Å². The number of methoxy groups -OCH3 is 1. The molecule has 1 unspecified atom stereocenters. The Balaban J connectivity index is 1.40. The first kappa shape index (κ1) is 27.0. The molecule has 38 heavy (non-hydrogen) atoms. The minimum absolute atomic E-state index is 0.00338. The van der Waals surface area contributed by atoms with Crippen LogP contribution in [0, 0.1) is 40.8 Å². The topological polar surface area (TPSA) is 86.5 Å². The molecule has 3 atom stereocenters. The van der Waals surface area contributed by atoms with Crippen LogP contribution in [-0.4, -0.2) is 47.7 Å². The number of pyridine rings is 1. The number of likely N-dealkylation sites (tertiary alicyclic amines) is 1. The highest BCUT2D eigenvalue weighted by atomic mass is 19.1. The van der Waals surface area contributed by atoms with E-state index in [0.29, 0.717) is 53.8 Å². The summed E-state index contributed by atoms with van der Waals surface area (Å²) < 4.78 is 34.6. The Kier molecular flexibility index (Phi) is 8.89. The Bertz CT molecular complexity index is 1410. The van der Waals surface area contributed by atoms with Gasteiger partial charge in [-0.1, -0.05) is 17.9 Å². The molecule has 1 N–H and O–H groups in total. The maximum atomic E-state index is 15.5. The number of rotatable bonds is 8. The van der Waals surface area contributed by atoms with E-state index in [1.165, 1.54) is 12.1 Å². The average molecular weight is 518 g/mol. The number of fused-ring (bicyclic) bond motifs is 1. The molecule has 1 aromatic heterocycles. The van der Waals surface area contributed by atoms with Gasteiger partial charge in [-0.2, -0.15) is 5.26 Å². The van der Waals surface area contributed by atoms with Crippen molar-refractivity contribution in [1.29, 1.82) is 5.26 Å². The van der Waals surface area contributed by atoms with E-state index in [-0.39, 0.29) is 30.2 Å². The van der Waals surface area contributed by atoms with Crippen LogP contribution in [0.3, 0.4) is 0 Å². The lowest BCUT2D eigenvalue weighted by Crippen LogP contribution is -2.41. The van der Waals surface area contributed by atoms with Gasteiger partial charge in [0, 0.05) is 30.1 Å². The Morgan fingerprint density at radius 3 is 2.89 bits per heavy atom. The number of hydrogen-bond donors (Lipinski definition) is 1. The maximum Gasteiger partial charge on any atom is 0.303 e. The molecule has 1 aliphatic heterocycles. The number of ether oxygens (including phenoxy) is 1. The van der Waals surface area contributed by atoms with Crippen LogP contribution in [0.15, 0.2) is 48.7 Å². The molecule has 0 radical (unpaired) electrons. The highest BCUT2D eigenvalue weighted by Crippen LogP contribution is 2.36. The fourth-order valence-electron chi connectivity index (χ4n) is 5.19. The molecular formula is C30H29F2N3O3. The smallest absolute Gasteiger partial charge is 0.303 e. The first-order valence-corrected chi connectivity index (χ1v) is 12.6. The summed E-state index contributed by atoms with van der Waals surface area (Å²) in [4.78, 5) is 18.0. The Hall–Kier alpha value is -4.01. The summed E-state index contributed by atoms with van der Waals surface area (Å²) >= 11 is 0. The zero-order valence-corrected chi connectivity index (χ0v) is 21.2. The number of carboxylic acid groups (broad SMARTS) is 1. The van der Waals surface area contributed by atoms with E-state index in [1.54, 1.807) is 43.6 Å². The number of aliphatic carboxylic acids is 1. The largest absolute Gasteiger partial charge is 0.497 e. The van der Waals surface area contributed by atoms with Gasteiger partial charge in [0.05, 0.1) is 19.2 Å². The molecule has 196 valence electrons. The highest BCUT2D eigenvalue weighted by molar-refractivity contribution is 5.83. The molecule has 0 aliphatic carbocycles. The molecule has 3 aromatic rings. The van der Waals surface area contributed by atoms with Crippen molar-refractivity contribution < 1.29 is 23.4 Å². The second kappa shape index (κ2) is 12.5. The molecule has 8 heteroatoms. The Morgan fingerprint density at radius 1 is 1.29 bits per heavy atom. The van der Waals surface area contributed by atoms with Crippen molar-refractivity contribution in [3.63, 3.8) is 0 Å². The van der Waals surface area contributed by atoms with Crippen molar-refractivity contribution in [1.82, 2.24) is 9.88 Å². The molecule has 4 rings (SSSR count). The average Bonchev–Trinajstić information content (AvgIpc) is 2.91. The van der Waals surface area contributed by atoms with Crippen LogP contribution in [0.2, 0.25) is 0 Å². The van der Waals surface area contributed by atoms with Crippen LogP contribution in [-0.2, 0) is 4.79 Å². The summed E-state index contributed by atoms with van der Waals surface area (Å²) in [6.45, 7) is 1.61. The Labute approximate surface area is 220 Å². The lowest BCUT2D eigenvalue weighted by atomic mass is 9.79. The van der Waals surface area contributed by atoms with E-state index < -0.39 is 18.0 Å². The van der Waals surface area contributed by atoms with Gasteiger partial charge in [0.1, 0.15) is 29.4 Å². The van der Waals surface area contributed by atoms with Crippen molar-refractivity contribution in [2.75, 3.05) is 26.7 Å². The van der Waals surface area contributed by atoms with Crippen molar-refractivity contribution in [3.05, 3.63) is 71.2 Å². The SMILES string of the molecule is COc1ccc2nccc(C(F)CC[C@@H]3CCN(CC#Cc4cccc(F)c4C#N)C[C@@H]3CC(=O)O)c2c1. The van der Waals surface area contributed by atoms with Crippen molar-refractivity contribution >= 4 is 16.9 Å². The van der Waals surface area contributed by atoms with E-state index >= 15 is 4.39 Å². The minimum Gasteiger partial charge on any atom is -0.497 e. The monoisotopic (exact) mass is 517 g/mol. The predicted molar refractivity (Wildman–Crippen MR) is 140 cm³/mol. The molecule has 1 fully saturated rings. The van der Waals surface area contributed by atoms with Gasteiger partial charge in [0.15, 0.2) is 0 Å². The quantitative estimate of drug-likeness (QED) is 0.397. The number of carbonyl (C=O) groups is 1. The number of carboxylic acids is 1. The van der Waals surface area contributed by atoms with Gasteiger partial charge in [0.2, 0.25) is 0 Å². The number of benzene rings is 2. The molecule has 2 aromatic carbocycles. The molecular weight excluding hydrogens is 488 g/mol. The van der Waals surface area contributed by atoms with Gasteiger partial charge >= 0.3 is 5.97 Å². The van der Waals surface area contributed by atoms with Crippen LogP contribution in [0.4, 0.5) is 8.78 Å². The van der Waals surface area contributed by atoms with Crippen LogP contribution >= 0.6 is 0 Å². The second-order valence-electron chi connectivity index (χ2n) is 9.55. The number of hydrogen-bond acceptors (Lipinski definition) is 5. The first-order valence-electron chi connectivity index (χ1n) is 12.6. The summed E-state index contributed by atoms with van der Waals surface area (Å²) in [6.07, 6.45) is 1.99. The zero-order chi connectivity index (χ0) is 27.1. The van der Waals surface area contributed by atoms with Gasteiger partial charge < -0.3 is 9.84 Å². The third-order valence-corrected chi connectivity index (χ3v) is 7.17. The van der Waals surface area contributed by atoms with Crippen LogP contribution < -0.4 is 4.74 Å². The summed E-state index contributed by atoms with van der Waals surface area (Å²) in [6, 6.07) is 13.3. The van der Waals surface area contributed by atoms with Crippen LogP contribution in [0.25, 0.3) is 10.9 Å². The van der Waals surface area contributed by atoms with Crippen LogP contribution in [0.1, 0.15) is 48.5 Å². The fraction of sp³-hybridized carbons (Fsp3) is 0.367. The third-order valence-electron chi connectivity index (χ3n) is 7.17. The van der Waals surface area contributed by atoms with Gasteiger partial charge in [-0.3, -0.25) is 14.7 Å². The molecule has 2 heterocycles. The number of piperidine rings is 1. The van der Waals surface area contributed by atoms with Gasteiger partial charge in [-0.05, 0) is 79.6 Å². The highest BCUT2D eigenvalue weighted by Gasteiger charge is 2.31. The third kappa shape index (κ3) is 6.45. The standard InChI is InChI=1S/C30H29F2N3O3/c1-38-23-8-10-29-25(17-23)24(11-13-34-29)28(32)9-7-20-12-15-35(19-22(20)16-30(36)37)14-3-5-21-4-2-6-27(31)26(21)18-33/h2,4,6,8,10-11,13,17,20,22,28H,7,9,12,14-16,19H2,1H3,(H,36,37)/t20-,22+,28?/m1/s1. The number of nitrogens with zero attached hydrogens (tertiary/aromatic N) is 3. The van der Waals surface area contributed by atoms with E-state index in [2.05, 4.69) is 21.7 Å². The van der Waals surface area contributed by atoms with E-state index in [4.69, 9.17) is 4.74 Å². The molecule has 0 spiro atoms. The molecule has 0 saturated carbocycles. The number of halogens is 2. The van der Waals surface area contributed by atoms with Gasteiger partial charge in [-0.25, -0.2) is 8.78 Å². The number of alkyl halides is 1. The van der Waals surface area contributed by atoms with E-state index in [0.717, 1.165) is 6.42 Å². The fourth-order valence-corrected chi connectivity index (χ4v) is 5.19. The van der Waals surface area contributed by atoms with Crippen molar-refractivity contribution in [2.45, 2.75) is 31.9 Å². The summed E-state index contributed by atoms with van der Waals surface area (Å²) in [5.74, 6) is 4.96. The maximum absolute atomic E-state index is 15.5.